The highest BCUT2D eigenvalue weighted by Gasteiger charge is 2.12. The number of hydrogen-bond donors (Lipinski definition) is 1. The summed E-state index contributed by atoms with van der Waals surface area (Å²) in [6, 6.07) is 17.1. The summed E-state index contributed by atoms with van der Waals surface area (Å²) in [5, 5.41) is 2.71. The summed E-state index contributed by atoms with van der Waals surface area (Å²) >= 11 is 0. The molecule has 7 nitrogen and oxygen atoms in total. The van der Waals surface area contributed by atoms with Crippen molar-refractivity contribution in [3.8, 4) is 22.8 Å². The summed E-state index contributed by atoms with van der Waals surface area (Å²) in [7, 11) is 0. The molecule has 0 spiro atoms. The minimum absolute atomic E-state index is 0.234. The second kappa shape index (κ2) is 7.71. The lowest BCUT2D eigenvalue weighted by Crippen LogP contribution is -2.15. The normalized spacial score (nSPS) is 10.5. The molecule has 3 aromatic heterocycles. The second-order valence-electron chi connectivity index (χ2n) is 6.05. The molecule has 3 heterocycles. The van der Waals surface area contributed by atoms with Crippen molar-refractivity contribution in [2.45, 2.75) is 6.92 Å². The van der Waals surface area contributed by atoms with Gasteiger partial charge in [-0.1, -0.05) is 36.4 Å². The number of rotatable bonds is 4. The fraction of sp³-hybridized carbons (Fsp3) is 0.0476. The van der Waals surface area contributed by atoms with Gasteiger partial charge in [0.05, 0.1) is 11.3 Å². The highest BCUT2D eigenvalue weighted by Crippen LogP contribution is 2.19. The Morgan fingerprint density at radius 1 is 0.857 bits per heavy atom. The van der Waals surface area contributed by atoms with Gasteiger partial charge in [-0.25, -0.2) is 19.9 Å². The van der Waals surface area contributed by atoms with Crippen LogP contribution < -0.4 is 5.32 Å². The van der Waals surface area contributed by atoms with E-state index in [0.717, 1.165) is 17.0 Å². The number of carbonyl (C=O) groups is 1. The summed E-state index contributed by atoms with van der Waals surface area (Å²) in [4.78, 5) is 33.9. The van der Waals surface area contributed by atoms with E-state index < -0.39 is 0 Å². The smallest absolute Gasteiger partial charge is 0.261 e. The number of carbonyl (C=O) groups excluding carboxylic acids is 1. The van der Waals surface area contributed by atoms with Crippen molar-refractivity contribution in [1.82, 2.24) is 24.9 Å². The molecule has 0 aliphatic carbocycles. The van der Waals surface area contributed by atoms with E-state index in [2.05, 4.69) is 30.2 Å². The average molecular weight is 368 g/mol. The SMILES string of the molecule is Cc1cc(-c2ccccc2)nc(NC(=O)c2cnc(-c3ccccn3)nc2)n1. The quantitative estimate of drug-likeness (QED) is 0.592. The molecule has 0 radical (unpaired) electrons. The molecule has 0 aliphatic heterocycles. The Morgan fingerprint density at radius 2 is 1.61 bits per heavy atom. The monoisotopic (exact) mass is 368 g/mol. The Kier molecular flexibility index (Phi) is 4.79. The number of anilines is 1. The van der Waals surface area contributed by atoms with Crippen molar-refractivity contribution in [3.63, 3.8) is 0 Å². The summed E-state index contributed by atoms with van der Waals surface area (Å²) in [6.45, 7) is 1.86. The molecule has 0 saturated heterocycles. The second-order valence-corrected chi connectivity index (χ2v) is 6.05. The Hall–Kier alpha value is -4.00. The van der Waals surface area contributed by atoms with Crippen LogP contribution in [0, 0.1) is 6.92 Å². The number of aryl methyl sites for hydroxylation is 1. The minimum Gasteiger partial charge on any atom is -0.290 e. The highest BCUT2D eigenvalue weighted by atomic mass is 16.1. The Labute approximate surface area is 161 Å². The third kappa shape index (κ3) is 3.88. The highest BCUT2D eigenvalue weighted by molar-refractivity contribution is 6.03. The van der Waals surface area contributed by atoms with Gasteiger partial charge in [-0.05, 0) is 25.1 Å². The lowest BCUT2D eigenvalue weighted by Gasteiger charge is -2.08. The number of pyridine rings is 1. The van der Waals surface area contributed by atoms with E-state index in [9.17, 15) is 4.79 Å². The first kappa shape index (κ1) is 17.4. The van der Waals surface area contributed by atoms with Gasteiger partial charge >= 0.3 is 0 Å². The van der Waals surface area contributed by atoms with Gasteiger partial charge < -0.3 is 0 Å². The van der Waals surface area contributed by atoms with Crippen LogP contribution in [-0.2, 0) is 0 Å². The van der Waals surface area contributed by atoms with Crippen molar-refractivity contribution < 1.29 is 4.79 Å². The predicted molar refractivity (Wildman–Crippen MR) is 105 cm³/mol. The van der Waals surface area contributed by atoms with Gasteiger partial charge in [-0.15, -0.1) is 0 Å². The molecular weight excluding hydrogens is 352 g/mol. The number of benzene rings is 1. The molecule has 0 fully saturated rings. The van der Waals surface area contributed by atoms with Crippen LogP contribution in [0.15, 0.2) is 73.2 Å². The maximum absolute atomic E-state index is 12.5. The zero-order valence-corrected chi connectivity index (χ0v) is 15.1. The molecular formula is C21H16N6O. The molecule has 0 bridgehead atoms. The fourth-order valence-corrected chi connectivity index (χ4v) is 2.63. The van der Waals surface area contributed by atoms with Gasteiger partial charge in [-0.3, -0.25) is 15.1 Å². The third-order valence-corrected chi connectivity index (χ3v) is 3.96. The molecule has 0 saturated carbocycles. The van der Waals surface area contributed by atoms with Crippen LogP contribution in [0.5, 0.6) is 0 Å². The van der Waals surface area contributed by atoms with Crippen LogP contribution in [0.2, 0.25) is 0 Å². The molecule has 0 atom stereocenters. The largest absolute Gasteiger partial charge is 0.290 e. The molecule has 0 aliphatic rings. The average Bonchev–Trinajstić information content (AvgIpc) is 2.75. The van der Waals surface area contributed by atoms with Crippen LogP contribution in [0.25, 0.3) is 22.8 Å². The van der Waals surface area contributed by atoms with Crippen LogP contribution in [-0.4, -0.2) is 30.8 Å². The van der Waals surface area contributed by atoms with E-state index in [1.807, 2.05) is 55.5 Å². The van der Waals surface area contributed by atoms with E-state index in [4.69, 9.17) is 0 Å². The van der Waals surface area contributed by atoms with Gasteiger partial charge in [0.1, 0.15) is 5.69 Å². The van der Waals surface area contributed by atoms with Crippen molar-refractivity contribution in [1.29, 1.82) is 0 Å². The molecule has 1 amide bonds. The van der Waals surface area contributed by atoms with E-state index >= 15 is 0 Å². The van der Waals surface area contributed by atoms with Crippen molar-refractivity contribution in [2.24, 2.45) is 0 Å². The number of nitrogens with zero attached hydrogens (tertiary/aromatic N) is 5. The number of hydrogen-bond acceptors (Lipinski definition) is 6. The molecule has 1 N–H and O–H groups in total. The van der Waals surface area contributed by atoms with Crippen LogP contribution >= 0.6 is 0 Å². The minimum atomic E-state index is -0.378. The molecule has 28 heavy (non-hydrogen) atoms. The summed E-state index contributed by atoms with van der Waals surface area (Å²) in [6.07, 6.45) is 4.58. The first-order chi connectivity index (χ1) is 13.7. The van der Waals surface area contributed by atoms with Crippen molar-refractivity contribution >= 4 is 11.9 Å². The van der Waals surface area contributed by atoms with Gasteiger partial charge in [0.15, 0.2) is 5.82 Å². The number of nitrogens with one attached hydrogen (secondary N) is 1. The number of aromatic nitrogens is 5. The molecule has 1 aromatic carbocycles. The lowest BCUT2D eigenvalue weighted by molar-refractivity contribution is 0.102. The maximum Gasteiger partial charge on any atom is 0.261 e. The Balaban J connectivity index is 1.55. The topological polar surface area (TPSA) is 93.6 Å². The van der Waals surface area contributed by atoms with Crippen molar-refractivity contribution in [2.75, 3.05) is 5.32 Å². The van der Waals surface area contributed by atoms with E-state index in [0.29, 0.717) is 17.1 Å². The van der Waals surface area contributed by atoms with Gasteiger partial charge in [-0.2, -0.15) is 0 Å². The van der Waals surface area contributed by atoms with Gasteiger partial charge in [0.2, 0.25) is 5.95 Å². The van der Waals surface area contributed by atoms with Gasteiger partial charge in [0.25, 0.3) is 5.91 Å². The lowest BCUT2D eigenvalue weighted by atomic mass is 10.1. The molecule has 4 rings (SSSR count). The molecule has 7 heteroatoms. The molecule has 0 unspecified atom stereocenters. The first-order valence-corrected chi connectivity index (χ1v) is 8.65. The zero-order valence-electron chi connectivity index (χ0n) is 15.1. The van der Waals surface area contributed by atoms with Crippen molar-refractivity contribution in [3.05, 3.63) is 84.4 Å². The Bertz CT molecular complexity index is 1100. The Morgan fingerprint density at radius 3 is 2.32 bits per heavy atom. The third-order valence-electron chi connectivity index (χ3n) is 3.96. The van der Waals surface area contributed by atoms with E-state index in [1.54, 1.807) is 12.3 Å². The molecule has 136 valence electrons. The predicted octanol–water partition coefficient (Wildman–Crippen LogP) is 3.56. The maximum atomic E-state index is 12.5. The first-order valence-electron chi connectivity index (χ1n) is 8.65. The fourth-order valence-electron chi connectivity index (χ4n) is 2.63. The van der Waals surface area contributed by atoms with Crippen LogP contribution in [0.4, 0.5) is 5.95 Å². The standard InChI is InChI=1S/C21H16N6O/c1-14-11-18(15-7-3-2-4-8-15)26-21(25-14)27-20(28)16-12-23-19(24-13-16)17-9-5-6-10-22-17/h2-13H,1H3,(H,25,26,27,28). The summed E-state index contributed by atoms with van der Waals surface area (Å²) in [5.41, 5.74) is 3.40. The van der Waals surface area contributed by atoms with E-state index in [1.165, 1.54) is 12.4 Å². The summed E-state index contributed by atoms with van der Waals surface area (Å²) in [5.74, 6) is 0.310. The van der Waals surface area contributed by atoms with Crippen LogP contribution in [0.1, 0.15) is 16.1 Å². The summed E-state index contributed by atoms with van der Waals surface area (Å²) < 4.78 is 0. The van der Waals surface area contributed by atoms with Gasteiger partial charge in [0, 0.05) is 29.8 Å². The van der Waals surface area contributed by atoms with E-state index in [-0.39, 0.29) is 11.9 Å². The molecule has 4 aromatic rings. The van der Waals surface area contributed by atoms with Crippen LogP contribution in [0.3, 0.4) is 0 Å². The number of amides is 1. The zero-order chi connectivity index (χ0) is 19.3.